The van der Waals surface area contributed by atoms with Crippen LogP contribution in [-0.4, -0.2) is 17.6 Å². The maximum atomic E-state index is 8.72. The van der Waals surface area contributed by atoms with E-state index < -0.39 is 0 Å². The molecule has 0 aromatic heterocycles. The Morgan fingerprint density at radius 2 is 2.11 bits per heavy atom. The number of hydrogen-bond donors (Lipinski definition) is 3. The van der Waals surface area contributed by atoms with Gasteiger partial charge in [-0.3, -0.25) is 0 Å². The maximum Gasteiger partial charge on any atom is 0.141 e. The number of benzene rings is 1. The number of rotatable bonds is 8. The van der Waals surface area contributed by atoms with Crippen LogP contribution in [0.2, 0.25) is 0 Å². The van der Waals surface area contributed by atoms with Gasteiger partial charge in [-0.15, -0.1) is 0 Å². The van der Waals surface area contributed by atoms with E-state index in [4.69, 9.17) is 10.9 Å². The van der Waals surface area contributed by atoms with Crippen molar-refractivity contribution in [1.29, 1.82) is 0 Å². The fraction of sp³-hybridized carbons (Fsp3) is 0.533. The minimum absolute atomic E-state index is 0.122. The number of amidine groups is 1. The van der Waals surface area contributed by atoms with Crippen molar-refractivity contribution in [3.63, 3.8) is 0 Å². The third-order valence-corrected chi connectivity index (χ3v) is 3.62. The fourth-order valence-electron chi connectivity index (χ4n) is 2.32. The van der Waals surface area contributed by atoms with Crippen molar-refractivity contribution in [2.24, 2.45) is 16.8 Å². The molecule has 4 heteroatoms. The molecule has 104 valence electrons. The Morgan fingerprint density at radius 1 is 1.37 bits per heavy atom. The first-order valence-electron chi connectivity index (χ1n) is 7.04. The molecule has 0 radical (unpaired) electrons. The summed E-state index contributed by atoms with van der Waals surface area (Å²) in [7, 11) is 0. The topological polar surface area (TPSA) is 70.6 Å². The summed E-state index contributed by atoms with van der Waals surface area (Å²) in [5.74, 6) is 1.24. The Morgan fingerprint density at radius 3 is 2.74 bits per heavy atom. The Balaban J connectivity index is 1.85. The van der Waals surface area contributed by atoms with Crippen molar-refractivity contribution in [2.45, 2.75) is 38.1 Å². The maximum absolute atomic E-state index is 8.72. The molecule has 1 aliphatic rings. The highest BCUT2D eigenvalue weighted by Gasteiger charge is 2.20. The zero-order chi connectivity index (χ0) is 13.5. The Labute approximate surface area is 114 Å². The zero-order valence-electron chi connectivity index (χ0n) is 11.3. The molecular weight excluding hydrogens is 238 g/mol. The van der Waals surface area contributed by atoms with Gasteiger partial charge >= 0.3 is 0 Å². The molecule has 1 unspecified atom stereocenters. The molecule has 1 saturated carbocycles. The summed E-state index contributed by atoms with van der Waals surface area (Å²) in [5.41, 5.74) is 6.81. The van der Waals surface area contributed by atoms with Crippen LogP contribution < -0.4 is 11.1 Å². The van der Waals surface area contributed by atoms with Gasteiger partial charge in [0.05, 0.1) is 0 Å². The van der Waals surface area contributed by atoms with Crippen LogP contribution in [-0.2, 0) is 0 Å². The monoisotopic (exact) mass is 261 g/mol. The summed E-state index contributed by atoms with van der Waals surface area (Å²) >= 11 is 0. The summed E-state index contributed by atoms with van der Waals surface area (Å²) in [6.07, 6.45) is 5.87. The number of nitrogens with zero attached hydrogens (tertiary/aromatic N) is 1. The third-order valence-electron chi connectivity index (χ3n) is 3.62. The molecule has 1 atom stereocenters. The van der Waals surface area contributed by atoms with Gasteiger partial charge in [-0.25, -0.2) is 0 Å². The average Bonchev–Trinajstić information content (AvgIpc) is 3.27. The van der Waals surface area contributed by atoms with Crippen LogP contribution in [0.1, 0.15) is 43.7 Å². The summed E-state index contributed by atoms with van der Waals surface area (Å²) < 4.78 is 0. The van der Waals surface area contributed by atoms with Crippen LogP contribution in [0.4, 0.5) is 0 Å². The average molecular weight is 261 g/mol. The van der Waals surface area contributed by atoms with E-state index in [-0.39, 0.29) is 11.9 Å². The highest BCUT2D eigenvalue weighted by Crippen LogP contribution is 2.33. The fourth-order valence-corrected chi connectivity index (χ4v) is 2.32. The molecule has 4 nitrogen and oxygen atoms in total. The van der Waals surface area contributed by atoms with E-state index in [0.717, 1.165) is 12.5 Å². The zero-order valence-corrected chi connectivity index (χ0v) is 11.3. The normalized spacial score (nSPS) is 17.4. The van der Waals surface area contributed by atoms with Crippen molar-refractivity contribution in [1.82, 2.24) is 5.32 Å². The van der Waals surface area contributed by atoms with Crippen molar-refractivity contribution in [2.75, 3.05) is 6.54 Å². The predicted molar refractivity (Wildman–Crippen MR) is 77.2 cm³/mol. The third kappa shape index (κ3) is 4.91. The van der Waals surface area contributed by atoms with Crippen LogP contribution in [0.25, 0.3) is 0 Å². The van der Waals surface area contributed by atoms with E-state index >= 15 is 0 Å². The summed E-state index contributed by atoms with van der Waals surface area (Å²) in [6, 6.07) is 10.3. The molecule has 0 heterocycles. The Kier molecular flexibility index (Phi) is 5.21. The molecule has 0 aliphatic heterocycles. The lowest BCUT2D eigenvalue weighted by Gasteiger charge is -2.18. The lowest BCUT2D eigenvalue weighted by molar-refractivity contribution is 0.315. The summed E-state index contributed by atoms with van der Waals surface area (Å²) in [4.78, 5) is 0. The van der Waals surface area contributed by atoms with Gasteiger partial charge in [0.15, 0.2) is 0 Å². The van der Waals surface area contributed by atoms with Gasteiger partial charge in [0.25, 0.3) is 0 Å². The quantitative estimate of drug-likeness (QED) is 0.221. The van der Waals surface area contributed by atoms with Crippen molar-refractivity contribution >= 4 is 5.84 Å². The van der Waals surface area contributed by atoms with E-state index in [9.17, 15) is 0 Å². The van der Waals surface area contributed by atoms with Crippen LogP contribution in [0.3, 0.4) is 0 Å². The lowest BCUT2D eigenvalue weighted by Crippen LogP contribution is -2.27. The SMILES string of the molecule is N/C(CC(NCCCC1CC1)c1ccccc1)=N/O. The first-order chi connectivity index (χ1) is 9.29. The first kappa shape index (κ1) is 13.9. The van der Waals surface area contributed by atoms with E-state index in [1.165, 1.54) is 31.2 Å². The van der Waals surface area contributed by atoms with Gasteiger partial charge in [-0.1, -0.05) is 48.3 Å². The number of hydrogen-bond acceptors (Lipinski definition) is 3. The number of nitrogens with one attached hydrogen (secondary N) is 1. The van der Waals surface area contributed by atoms with Crippen LogP contribution >= 0.6 is 0 Å². The lowest BCUT2D eigenvalue weighted by atomic mass is 10.0. The number of nitrogens with two attached hydrogens (primary N) is 1. The second-order valence-corrected chi connectivity index (χ2v) is 5.30. The van der Waals surface area contributed by atoms with Gasteiger partial charge in [0.1, 0.15) is 5.84 Å². The van der Waals surface area contributed by atoms with Gasteiger partial charge < -0.3 is 16.3 Å². The Hall–Kier alpha value is -1.55. The summed E-state index contributed by atoms with van der Waals surface area (Å²) in [5, 5.41) is 15.3. The molecule has 2 rings (SSSR count). The van der Waals surface area contributed by atoms with Crippen molar-refractivity contribution in [3.05, 3.63) is 35.9 Å². The minimum Gasteiger partial charge on any atom is -0.409 e. The second-order valence-electron chi connectivity index (χ2n) is 5.30. The molecule has 0 bridgehead atoms. The van der Waals surface area contributed by atoms with Crippen LogP contribution in [0.15, 0.2) is 35.5 Å². The van der Waals surface area contributed by atoms with E-state index in [1.807, 2.05) is 18.2 Å². The number of oxime groups is 1. The van der Waals surface area contributed by atoms with E-state index in [2.05, 4.69) is 22.6 Å². The molecule has 0 spiro atoms. The standard InChI is InChI=1S/C15H23N3O/c16-15(18-19)11-14(13-6-2-1-3-7-13)17-10-4-5-12-8-9-12/h1-3,6-7,12,14,17,19H,4-5,8-11H2,(H2,16,18). The molecular formula is C15H23N3O. The molecule has 0 saturated heterocycles. The second kappa shape index (κ2) is 7.14. The molecule has 4 N–H and O–H groups in total. The van der Waals surface area contributed by atoms with Crippen LogP contribution in [0, 0.1) is 5.92 Å². The smallest absolute Gasteiger partial charge is 0.141 e. The van der Waals surface area contributed by atoms with Crippen molar-refractivity contribution in [3.8, 4) is 0 Å². The molecule has 1 aromatic rings. The van der Waals surface area contributed by atoms with Crippen LogP contribution in [0.5, 0.6) is 0 Å². The molecule has 1 aliphatic carbocycles. The van der Waals surface area contributed by atoms with Crippen molar-refractivity contribution < 1.29 is 5.21 Å². The van der Waals surface area contributed by atoms with E-state index in [0.29, 0.717) is 6.42 Å². The molecule has 1 aromatic carbocycles. The highest BCUT2D eigenvalue weighted by atomic mass is 16.4. The Bertz CT molecular complexity index is 401. The van der Waals surface area contributed by atoms with E-state index in [1.54, 1.807) is 0 Å². The van der Waals surface area contributed by atoms with Gasteiger partial charge in [0.2, 0.25) is 0 Å². The largest absolute Gasteiger partial charge is 0.409 e. The summed E-state index contributed by atoms with van der Waals surface area (Å²) in [6.45, 7) is 0.981. The first-order valence-corrected chi connectivity index (χ1v) is 7.04. The minimum atomic E-state index is 0.122. The van der Waals surface area contributed by atoms with Gasteiger partial charge in [0, 0.05) is 12.5 Å². The molecule has 19 heavy (non-hydrogen) atoms. The molecule has 0 amide bonds. The predicted octanol–water partition coefficient (Wildman–Crippen LogP) is 2.64. The highest BCUT2D eigenvalue weighted by molar-refractivity contribution is 5.80. The van der Waals surface area contributed by atoms with Gasteiger partial charge in [-0.05, 0) is 30.9 Å². The molecule has 1 fully saturated rings. The van der Waals surface area contributed by atoms with Gasteiger partial charge in [-0.2, -0.15) is 0 Å².